The van der Waals surface area contributed by atoms with Gasteiger partial charge >= 0.3 is 0 Å². The van der Waals surface area contributed by atoms with E-state index in [0.717, 1.165) is 70.5 Å². The average molecular weight is 318 g/mol. The molecular weight excluding hydrogens is 292 g/mol. The van der Waals surface area contributed by atoms with Crippen molar-refractivity contribution >= 4 is 5.96 Å². The van der Waals surface area contributed by atoms with Gasteiger partial charge in [-0.05, 0) is 18.6 Å². The van der Waals surface area contributed by atoms with E-state index < -0.39 is 0 Å². The summed E-state index contributed by atoms with van der Waals surface area (Å²) in [6.07, 6.45) is 8.84. The van der Waals surface area contributed by atoms with Gasteiger partial charge in [0.05, 0.1) is 26.0 Å². The standard InChI is InChI=1S/C17H26N4O2/c1-2-7-18-17(20-9-6-16-5-3-13-23-16)19-8-4-10-21-11-14-22-15-12-21/h1,3,5,13H,4,6-12,14-15H2,(H2,18,19,20). The number of rotatable bonds is 8. The molecule has 0 aliphatic carbocycles. The van der Waals surface area contributed by atoms with Crippen molar-refractivity contribution in [3.8, 4) is 12.3 Å². The zero-order valence-electron chi connectivity index (χ0n) is 13.6. The fourth-order valence-electron chi connectivity index (χ4n) is 2.38. The largest absolute Gasteiger partial charge is 0.469 e. The summed E-state index contributed by atoms with van der Waals surface area (Å²) < 4.78 is 10.7. The molecule has 1 aliphatic heterocycles. The predicted octanol–water partition coefficient (Wildman–Crippen LogP) is 0.713. The molecule has 0 unspecified atom stereocenters. The van der Waals surface area contributed by atoms with Crippen LogP contribution in [0.5, 0.6) is 0 Å². The number of terminal acetylenes is 1. The van der Waals surface area contributed by atoms with Gasteiger partial charge in [-0.3, -0.25) is 9.89 Å². The van der Waals surface area contributed by atoms with Gasteiger partial charge in [0.2, 0.25) is 0 Å². The highest BCUT2D eigenvalue weighted by Crippen LogP contribution is 2.00. The second-order valence-corrected chi connectivity index (χ2v) is 5.35. The highest BCUT2D eigenvalue weighted by Gasteiger charge is 2.09. The minimum absolute atomic E-state index is 0.468. The summed E-state index contributed by atoms with van der Waals surface area (Å²) >= 11 is 0. The van der Waals surface area contributed by atoms with Gasteiger partial charge in [-0.25, -0.2) is 0 Å². The van der Waals surface area contributed by atoms with Crippen molar-refractivity contribution < 1.29 is 9.15 Å². The molecule has 2 rings (SSSR count). The molecule has 0 atom stereocenters. The van der Waals surface area contributed by atoms with Crippen molar-refractivity contribution in [3.05, 3.63) is 24.2 Å². The van der Waals surface area contributed by atoms with Crippen LogP contribution < -0.4 is 10.6 Å². The number of ether oxygens (including phenoxy) is 1. The summed E-state index contributed by atoms with van der Waals surface area (Å²) in [6.45, 7) is 6.78. The first kappa shape index (κ1) is 17.4. The van der Waals surface area contributed by atoms with Gasteiger partial charge in [0.15, 0.2) is 5.96 Å². The average Bonchev–Trinajstić information content (AvgIpc) is 3.10. The number of morpholine rings is 1. The van der Waals surface area contributed by atoms with Crippen LogP contribution in [-0.4, -0.2) is 63.3 Å². The maximum atomic E-state index is 5.35. The minimum Gasteiger partial charge on any atom is -0.469 e. The number of guanidine groups is 1. The van der Waals surface area contributed by atoms with E-state index in [2.05, 4.69) is 26.4 Å². The van der Waals surface area contributed by atoms with Gasteiger partial charge in [-0.2, -0.15) is 0 Å². The van der Waals surface area contributed by atoms with E-state index in [0.29, 0.717) is 6.54 Å². The first-order valence-electron chi connectivity index (χ1n) is 8.16. The minimum atomic E-state index is 0.468. The van der Waals surface area contributed by atoms with E-state index in [1.54, 1.807) is 6.26 Å². The van der Waals surface area contributed by atoms with Crippen molar-refractivity contribution in [3.63, 3.8) is 0 Å². The van der Waals surface area contributed by atoms with Crippen LogP contribution in [0.2, 0.25) is 0 Å². The van der Waals surface area contributed by atoms with Crippen LogP contribution in [0.15, 0.2) is 27.8 Å². The third kappa shape index (κ3) is 7.22. The van der Waals surface area contributed by atoms with Crippen LogP contribution in [0.3, 0.4) is 0 Å². The number of nitrogens with zero attached hydrogens (tertiary/aromatic N) is 2. The normalized spacial score (nSPS) is 16.0. The van der Waals surface area contributed by atoms with Crippen LogP contribution in [0.4, 0.5) is 0 Å². The molecule has 1 fully saturated rings. The highest BCUT2D eigenvalue weighted by molar-refractivity contribution is 5.80. The fourth-order valence-corrected chi connectivity index (χ4v) is 2.38. The molecule has 0 amide bonds. The highest BCUT2D eigenvalue weighted by atomic mass is 16.5. The molecular formula is C17H26N4O2. The molecule has 0 bridgehead atoms. The summed E-state index contributed by atoms with van der Waals surface area (Å²) in [5, 5.41) is 6.41. The summed E-state index contributed by atoms with van der Waals surface area (Å²) in [7, 11) is 0. The molecule has 1 aromatic heterocycles. The molecule has 2 N–H and O–H groups in total. The first-order chi connectivity index (χ1) is 11.4. The Morgan fingerprint density at radius 2 is 2.22 bits per heavy atom. The number of hydrogen-bond donors (Lipinski definition) is 2. The lowest BCUT2D eigenvalue weighted by atomic mass is 10.3. The molecule has 6 nitrogen and oxygen atoms in total. The van der Waals surface area contributed by atoms with Gasteiger partial charge < -0.3 is 19.8 Å². The van der Waals surface area contributed by atoms with Gasteiger partial charge in [0.25, 0.3) is 0 Å². The lowest BCUT2D eigenvalue weighted by Gasteiger charge is -2.26. The van der Waals surface area contributed by atoms with Crippen molar-refractivity contribution in [2.24, 2.45) is 4.99 Å². The summed E-state index contributed by atoms with van der Waals surface area (Å²) in [5.74, 6) is 4.29. The van der Waals surface area contributed by atoms with Crippen LogP contribution in [0.25, 0.3) is 0 Å². The van der Waals surface area contributed by atoms with Crippen molar-refractivity contribution in [2.45, 2.75) is 12.8 Å². The predicted molar refractivity (Wildman–Crippen MR) is 91.4 cm³/mol. The Labute approximate surface area is 138 Å². The molecule has 1 saturated heterocycles. The van der Waals surface area contributed by atoms with E-state index in [1.165, 1.54) is 0 Å². The van der Waals surface area contributed by atoms with Crippen LogP contribution in [0, 0.1) is 12.3 Å². The maximum Gasteiger partial charge on any atom is 0.192 e. The number of hydrogen-bond acceptors (Lipinski definition) is 4. The Balaban J connectivity index is 1.66. The molecule has 0 aromatic carbocycles. The summed E-state index contributed by atoms with van der Waals surface area (Å²) in [6, 6.07) is 3.86. The Hall–Kier alpha value is -1.97. The van der Waals surface area contributed by atoms with Crippen LogP contribution in [-0.2, 0) is 11.2 Å². The van der Waals surface area contributed by atoms with Crippen molar-refractivity contribution in [2.75, 3.05) is 52.5 Å². The SMILES string of the molecule is C#CCNC(=NCCCN1CCOCC1)NCCc1ccco1. The van der Waals surface area contributed by atoms with Gasteiger partial charge in [-0.15, -0.1) is 6.42 Å². The summed E-state index contributed by atoms with van der Waals surface area (Å²) in [4.78, 5) is 6.99. The molecule has 0 saturated carbocycles. The lowest BCUT2D eigenvalue weighted by Crippen LogP contribution is -2.39. The Morgan fingerprint density at radius 3 is 2.96 bits per heavy atom. The number of nitrogens with one attached hydrogen (secondary N) is 2. The lowest BCUT2D eigenvalue weighted by molar-refractivity contribution is 0.0377. The van der Waals surface area contributed by atoms with E-state index in [4.69, 9.17) is 15.6 Å². The quantitative estimate of drug-likeness (QED) is 0.320. The van der Waals surface area contributed by atoms with E-state index >= 15 is 0 Å². The molecule has 126 valence electrons. The molecule has 2 heterocycles. The molecule has 1 aliphatic rings. The second-order valence-electron chi connectivity index (χ2n) is 5.35. The second kappa shape index (κ2) is 10.7. The molecule has 6 heteroatoms. The number of aliphatic imine (C=N–C) groups is 1. The smallest absolute Gasteiger partial charge is 0.192 e. The zero-order valence-corrected chi connectivity index (χ0v) is 13.6. The first-order valence-corrected chi connectivity index (χ1v) is 8.16. The zero-order chi connectivity index (χ0) is 16.2. The Morgan fingerprint density at radius 1 is 1.35 bits per heavy atom. The Kier molecular flexibility index (Phi) is 8.09. The van der Waals surface area contributed by atoms with Gasteiger partial charge in [0.1, 0.15) is 5.76 Å². The van der Waals surface area contributed by atoms with Crippen LogP contribution >= 0.6 is 0 Å². The third-order valence-corrected chi connectivity index (χ3v) is 3.61. The monoisotopic (exact) mass is 318 g/mol. The topological polar surface area (TPSA) is 62.0 Å². The summed E-state index contributed by atoms with van der Waals surface area (Å²) in [5.41, 5.74) is 0. The molecule has 0 radical (unpaired) electrons. The fraction of sp³-hybridized carbons (Fsp3) is 0.588. The third-order valence-electron chi connectivity index (χ3n) is 3.61. The van der Waals surface area contributed by atoms with E-state index in [-0.39, 0.29) is 0 Å². The van der Waals surface area contributed by atoms with Gasteiger partial charge in [-0.1, -0.05) is 5.92 Å². The van der Waals surface area contributed by atoms with Crippen LogP contribution in [0.1, 0.15) is 12.2 Å². The maximum absolute atomic E-state index is 5.35. The molecule has 23 heavy (non-hydrogen) atoms. The molecule has 0 spiro atoms. The van der Waals surface area contributed by atoms with E-state index in [1.807, 2.05) is 12.1 Å². The van der Waals surface area contributed by atoms with Gasteiger partial charge in [0, 0.05) is 39.1 Å². The van der Waals surface area contributed by atoms with Crippen molar-refractivity contribution in [1.29, 1.82) is 0 Å². The van der Waals surface area contributed by atoms with E-state index in [9.17, 15) is 0 Å². The Bertz CT molecular complexity index is 487. The van der Waals surface area contributed by atoms with Crippen molar-refractivity contribution in [1.82, 2.24) is 15.5 Å². The molecule has 1 aromatic rings. The number of furan rings is 1.